The Morgan fingerprint density at radius 1 is 0.619 bits per heavy atom. The number of halogens is 3. The molecule has 0 saturated heterocycles. The molecular weight excluding hydrogens is 289 g/mol. The molecule has 0 N–H and O–H groups in total. The summed E-state index contributed by atoms with van der Waals surface area (Å²) in [7, 11) is -2.81. The number of hydrogen-bond donors (Lipinski definition) is 0. The summed E-state index contributed by atoms with van der Waals surface area (Å²) in [5.41, 5.74) is 0. The zero-order valence-electron chi connectivity index (χ0n) is 11.1. The average molecular weight is 301 g/mol. The molecule has 0 spiro atoms. The molecule has 21 heavy (non-hydrogen) atoms. The van der Waals surface area contributed by atoms with Crippen LogP contribution in [0.15, 0.2) is 72.8 Å². The Kier molecular flexibility index (Phi) is 3.55. The first kappa shape index (κ1) is 13.9. The number of alkyl halides is 3. The monoisotopic (exact) mass is 301 g/mol. The van der Waals surface area contributed by atoms with E-state index in [-0.39, 0.29) is 0 Å². The van der Waals surface area contributed by atoms with Crippen molar-refractivity contribution in [2.75, 3.05) is 0 Å². The van der Waals surface area contributed by atoms with E-state index in [1.807, 2.05) is 24.3 Å². The van der Waals surface area contributed by atoms with E-state index in [0.717, 1.165) is 10.8 Å². The minimum atomic E-state index is -4.21. The lowest BCUT2D eigenvalue weighted by Crippen LogP contribution is -2.53. The van der Waals surface area contributed by atoms with Crippen LogP contribution in [0.4, 0.5) is 13.2 Å². The summed E-state index contributed by atoms with van der Waals surface area (Å²) in [5.74, 6) is -4.21. The fourth-order valence-electron chi connectivity index (χ4n) is 2.44. The van der Waals surface area contributed by atoms with Gasteiger partial charge in [0.25, 0.3) is 8.80 Å². The van der Waals surface area contributed by atoms with Gasteiger partial charge in [0.15, 0.2) is 0 Å². The predicted octanol–water partition coefficient (Wildman–Crippen LogP) is 3.55. The van der Waals surface area contributed by atoms with E-state index in [2.05, 4.69) is 0 Å². The Morgan fingerprint density at radius 2 is 1.24 bits per heavy atom. The van der Waals surface area contributed by atoms with Crippen molar-refractivity contribution in [3.8, 4) is 0 Å². The molecule has 3 aromatic carbocycles. The van der Waals surface area contributed by atoms with E-state index in [9.17, 15) is 13.2 Å². The molecule has 0 unspecified atom stereocenters. The fourth-order valence-corrected chi connectivity index (χ4v) is 4.51. The number of fused-ring (bicyclic) bond motifs is 1. The summed E-state index contributed by atoms with van der Waals surface area (Å²) in [6.45, 7) is 0. The van der Waals surface area contributed by atoms with Gasteiger partial charge in [-0.2, -0.15) is 13.2 Å². The van der Waals surface area contributed by atoms with Gasteiger partial charge in [-0.1, -0.05) is 72.8 Å². The van der Waals surface area contributed by atoms with E-state index in [1.165, 1.54) is 0 Å². The number of rotatable bonds is 2. The van der Waals surface area contributed by atoms with E-state index >= 15 is 0 Å². The third-order valence-electron chi connectivity index (χ3n) is 3.38. The topological polar surface area (TPSA) is 0 Å². The second-order valence-corrected chi connectivity index (χ2v) is 7.27. The van der Waals surface area contributed by atoms with E-state index in [4.69, 9.17) is 0 Å². The quantitative estimate of drug-likeness (QED) is 0.635. The van der Waals surface area contributed by atoms with Crippen LogP contribution in [0.5, 0.6) is 0 Å². The highest BCUT2D eigenvalue weighted by atomic mass is 28.3. The Bertz CT molecular complexity index is 751. The summed E-state index contributed by atoms with van der Waals surface area (Å²) in [5, 5.41) is 2.54. The molecule has 0 aliphatic rings. The second kappa shape index (κ2) is 5.37. The van der Waals surface area contributed by atoms with Crippen LogP contribution in [0.25, 0.3) is 10.8 Å². The SMILES string of the molecule is FC(F)(F)[Si](c1ccccc1)c1ccc2ccccc2c1. The summed E-state index contributed by atoms with van der Waals surface area (Å²) in [4.78, 5) is 0. The summed E-state index contributed by atoms with van der Waals surface area (Å²) < 4.78 is 40.6. The lowest BCUT2D eigenvalue weighted by atomic mass is 10.1. The molecule has 0 saturated carbocycles. The molecule has 0 bridgehead atoms. The second-order valence-electron chi connectivity index (χ2n) is 4.80. The van der Waals surface area contributed by atoms with E-state index in [1.54, 1.807) is 48.5 Å². The molecule has 0 amide bonds. The minimum Gasteiger partial charge on any atom is -0.176 e. The van der Waals surface area contributed by atoms with Crippen LogP contribution in [-0.4, -0.2) is 14.6 Å². The van der Waals surface area contributed by atoms with Crippen molar-refractivity contribution in [1.82, 2.24) is 0 Å². The normalized spacial score (nSPS) is 12.0. The molecule has 0 fully saturated rings. The van der Waals surface area contributed by atoms with Crippen LogP contribution in [0.1, 0.15) is 0 Å². The molecule has 105 valence electrons. The molecule has 0 aliphatic heterocycles. The van der Waals surface area contributed by atoms with Gasteiger partial charge in [0.2, 0.25) is 0 Å². The highest BCUT2D eigenvalue weighted by Gasteiger charge is 2.44. The van der Waals surface area contributed by atoms with Crippen molar-refractivity contribution >= 4 is 29.9 Å². The van der Waals surface area contributed by atoms with Gasteiger partial charge in [-0.15, -0.1) is 0 Å². The molecule has 0 aliphatic carbocycles. The van der Waals surface area contributed by atoms with Gasteiger partial charge in [0, 0.05) is 0 Å². The first-order chi connectivity index (χ1) is 10.1. The van der Waals surface area contributed by atoms with E-state index in [0.29, 0.717) is 10.4 Å². The maximum atomic E-state index is 13.5. The maximum Gasteiger partial charge on any atom is 0.369 e. The van der Waals surface area contributed by atoms with Gasteiger partial charge < -0.3 is 0 Å². The van der Waals surface area contributed by atoms with Gasteiger partial charge in [-0.3, -0.25) is 0 Å². The van der Waals surface area contributed by atoms with Crippen molar-refractivity contribution in [2.45, 2.75) is 5.80 Å². The fraction of sp³-hybridized carbons (Fsp3) is 0.0588. The van der Waals surface area contributed by atoms with Crippen molar-refractivity contribution in [1.29, 1.82) is 0 Å². The van der Waals surface area contributed by atoms with Gasteiger partial charge in [-0.05, 0) is 21.1 Å². The first-order valence-corrected chi connectivity index (χ1v) is 8.04. The summed E-state index contributed by atoms with van der Waals surface area (Å²) >= 11 is 0. The Balaban J connectivity index is 2.15. The van der Waals surface area contributed by atoms with Gasteiger partial charge >= 0.3 is 5.80 Å². The van der Waals surface area contributed by atoms with Crippen LogP contribution in [0, 0.1) is 0 Å². The average Bonchev–Trinajstić information content (AvgIpc) is 2.47. The van der Waals surface area contributed by atoms with Gasteiger partial charge in [0.05, 0.1) is 0 Å². The van der Waals surface area contributed by atoms with Crippen molar-refractivity contribution in [3.63, 3.8) is 0 Å². The van der Waals surface area contributed by atoms with Crippen LogP contribution >= 0.6 is 0 Å². The van der Waals surface area contributed by atoms with E-state index < -0.39 is 14.6 Å². The number of benzene rings is 3. The minimum absolute atomic E-state index is 0.366. The van der Waals surface area contributed by atoms with Crippen molar-refractivity contribution < 1.29 is 13.2 Å². The molecule has 1 radical (unpaired) electrons. The largest absolute Gasteiger partial charge is 0.369 e. The Morgan fingerprint density at radius 3 is 1.90 bits per heavy atom. The van der Waals surface area contributed by atoms with Crippen LogP contribution in [0.2, 0.25) is 0 Å². The Labute approximate surface area is 122 Å². The zero-order valence-corrected chi connectivity index (χ0v) is 12.1. The van der Waals surface area contributed by atoms with Gasteiger partial charge in [-0.25, -0.2) is 0 Å². The third-order valence-corrected chi connectivity index (χ3v) is 5.75. The zero-order chi connectivity index (χ0) is 14.9. The lowest BCUT2D eigenvalue weighted by molar-refractivity contribution is -0.0483. The molecule has 0 nitrogen and oxygen atoms in total. The molecule has 3 aromatic rings. The lowest BCUT2D eigenvalue weighted by Gasteiger charge is -2.19. The van der Waals surface area contributed by atoms with Crippen LogP contribution in [-0.2, 0) is 0 Å². The Hall–Kier alpha value is -2.07. The predicted molar refractivity (Wildman–Crippen MR) is 81.5 cm³/mol. The highest BCUT2D eigenvalue weighted by Crippen LogP contribution is 2.21. The molecule has 0 aromatic heterocycles. The summed E-state index contributed by atoms with van der Waals surface area (Å²) in [6.07, 6.45) is 0. The van der Waals surface area contributed by atoms with Crippen molar-refractivity contribution in [2.24, 2.45) is 0 Å². The molecule has 0 atom stereocenters. The van der Waals surface area contributed by atoms with Crippen LogP contribution < -0.4 is 10.4 Å². The molecule has 0 heterocycles. The number of hydrogen-bond acceptors (Lipinski definition) is 0. The van der Waals surface area contributed by atoms with Gasteiger partial charge in [0.1, 0.15) is 0 Å². The smallest absolute Gasteiger partial charge is 0.176 e. The third kappa shape index (κ3) is 2.85. The van der Waals surface area contributed by atoms with Crippen LogP contribution in [0.3, 0.4) is 0 Å². The standard InChI is InChI=1S/C17H12F3Si/c18-17(19,20)21(15-8-2-1-3-9-15)16-11-10-13-6-4-5-7-14(13)12-16/h1-12H. The summed E-state index contributed by atoms with van der Waals surface area (Å²) in [6, 6.07) is 20.7. The first-order valence-electron chi connectivity index (χ1n) is 6.54. The molecule has 3 rings (SSSR count). The highest BCUT2D eigenvalue weighted by molar-refractivity contribution is 6.86. The maximum absolute atomic E-state index is 13.5. The van der Waals surface area contributed by atoms with Crippen molar-refractivity contribution in [3.05, 3.63) is 72.8 Å². The molecule has 4 heteroatoms. The molecular formula is C17H12F3Si.